The van der Waals surface area contributed by atoms with Gasteiger partial charge in [0.1, 0.15) is 0 Å². The molecule has 6 heteroatoms. The second-order valence-electron chi connectivity index (χ2n) is 6.91. The van der Waals surface area contributed by atoms with Gasteiger partial charge in [0, 0.05) is 32.3 Å². The van der Waals surface area contributed by atoms with Crippen molar-refractivity contribution in [3.05, 3.63) is 60.7 Å². The first-order valence-electron chi connectivity index (χ1n) is 9.49. The first-order valence-corrected chi connectivity index (χ1v) is 9.49. The molecule has 0 unspecified atom stereocenters. The molecule has 3 aromatic rings. The normalized spacial score (nSPS) is 17.3. The summed E-state index contributed by atoms with van der Waals surface area (Å²) in [7, 11) is 0. The molecule has 27 heavy (non-hydrogen) atoms. The summed E-state index contributed by atoms with van der Waals surface area (Å²) in [6, 6.07) is 13.8. The van der Waals surface area contributed by atoms with Crippen molar-refractivity contribution in [1.82, 2.24) is 19.4 Å². The summed E-state index contributed by atoms with van der Waals surface area (Å²) < 4.78 is 8.03. The number of pyridine rings is 1. The summed E-state index contributed by atoms with van der Waals surface area (Å²) in [5.41, 5.74) is 2.96. The zero-order chi connectivity index (χ0) is 18.5. The molecule has 1 aliphatic heterocycles. The highest BCUT2D eigenvalue weighted by Gasteiger charge is 2.24. The van der Waals surface area contributed by atoms with E-state index in [9.17, 15) is 4.79 Å². The molecule has 6 nitrogen and oxygen atoms in total. The maximum absolute atomic E-state index is 12.7. The lowest BCUT2D eigenvalue weighted by Crippen LogP contribution is -2.43. The third-order valence-corrected chi connectivity index (χ3v) is 5.02. The van der Waals surface area contributed by atoms with Gasteiger partial charge in [-0.15, -0.1) is 0 Å². The van der Waals surface area contributed by atoms with Gasteiger partial charge in [0.2, 0.25) is 5.91 Å². The first-order chi connectivity index (χ1) is 13.3. The number of amides is 1. The molecule has 0 aliphatic carbocycles. The van der Waals surface area contributed by atoms with Crippen molar-refractivity contribution in [1.29, 1.82) is 0 Å². The molecule has 140 valence electrons. The Bertz CT molecular complexity index is 893. The van der Waals surface area contributed by atoms with Gasteiger partial charge in [-0.25, -0.2) is 4.98 Å². The van der Waals surface area contributed by atoms with Crippen LogP contribution in [0.1, 0.15) is 25.0 Å². The number of imidazole rings is 1. The van der Waals surface area contributed by atoms with Crippen molar-refractivity contribution in [3.63, 3.8) is 0 Å². The summed E-state index contributed by atoms with van der Waals surface area (Å²) in [4.78, 5) is 23.3. The zero-order valence-corrected chi connectivity index (χ0v) is 15.3. The predicted molar refractivity (Wildman–Crippen MR) is 103 cm³/mol. The van der Waals surface area contributed by atoms with E-state index < -0.39 is 0 Å². The van der Waals surface area contributed by atoms with E-state index in [1.54, 1.807) is 6.20 Å². The van der Waals surface area contributed by atoms with E-state index in [0.29, 0.717) is 26.1 Å². The number of piperidine rings is 1. The van der Waals surface area contributed by atoms with Crippen LogP contribution in [0, 0.1) is 0 Å². The zero-order valence-electron chi connectivity index (χ0n) is 15.3. The molecular formula is C21H24N4O2. The number of hydrogen-bond acceptors (Lipinski definition) is 4. The Morgan fingerprint density at radius 3 is 2.93 bits per heavy atom. The molecule has 3 heterocycles. The summed E-state index contributed by atoms with van der Waals surface area (Å²) in [6.45, 7) is 2.62. The molecule has 1 atom stereocenters. The van der Waals surface area contributed by atoms with E-state index in [1.807, 2.05) is 58.3 Å². The Kier molecular flexibility index (Phi) is 5.44. The molecule has 1 aliphatic rings. The number of ether oxygens (including phenoxy) is 1. The molecule has 0 saturated carbocycles. The van der Waals surface area contributed by atoms with Gasteiger partial charge in [0.15, 0.2) is 0 Å². The molecule has 1 aromatic carbocycles. The van der Waals surface area contributed by atoms with E-state index in [1.165, 1.54) is 0 Å². The van der Waals surface area contributed by atoms with Crippen molar-refractivity contribution >= 4 is 16.9 Å². The fourth-order valence-corrected chi connectivity index (χ4v) is 3.55. The van der Waals surface area contributed by atoms with Crippen LogP contribution < -0.4 is 0 Å². The Labute approximate surface area is 158 Å². The molecule has 0 radical (unpaired) electrons. The lowest BCUT2D eigenvalue weighted by molar-refractivity contribution is -0.135. The van der Waals surface area contributed by atoms with Crippen LogP contribution in [0.15, 0.2) is 55.0 Å². The van der Waals surface area contributed by atoms with Crippen LogP contribution in [0.3, 0.4) is 0 Å². The molecule has 0 spiro atoms. The van der Waals surface area contributed by atoms with Crippen molar-refractivity contribution in [2.24, 2.45) is 0 Å². The van der Waals surface area contributed by atoms with Crippen LogP contribution in [-0.2, 0) is 22.7 Å². The minimum atomic E-state index is 0.0822. The number of benzene rings is 1. The molecule has 1 fully saturated rings. The number of nitrogens with zero attached hydrogens (tertiary/aromatic N) is 4. The first kappa shape index (κ1) is 17.7. The SMILES string of the molecule is O=C(CCn1cnc2ccccc21)N1CCC[C@H](OCc2ccccn2)C1. The third-order valence-electron chi connectivity index (χ3n) is 5.02. The lowest BCUT2D eigenvalue weighted by atomic mass is 10.1. The highest BCUT2D eigenvalue weighted by Crippen LogP contribution is 2.17. The number of aryl methyl sites for hydroxylation is 1. The standard InChI is InChI=1S/C21H24N4O2/c26-21(10-13-25-16-23-19-8-1-2-9-20(19)25)24-12-5-7-18(14-24)27-15-17-6-3-4-11-22-17/h1-4,6,8-9,11,16,18H,5,7,10,12-15H2/t18-/m0/s1. The molecule has 1 amide bonds. The van der Waals surface area contributed by atoms with Gasteiger partial charge in [0.25, 0.3) is 0 Å². The smallest absolute Gasteiger partial charge is 0.224 e. The number of hydrogen-bond donors (Lipinski definition) is 0. The second kappa shape index (κ2) is 8.31. The minimum absolute atomic E-state index is 0.0822. The molecule has 4 rings (SSSR count). The van der Waals surface area contributed by atoms with Crippen molar-refractivity contribution in [3.8, 4) is 0 Å². The second-order valence-corrected chi connectivity index (χ2v) is 6.91. The van der Waals surface area contributed by atoms with Crippen molar-refractivity contribution in [2.75, 3.05) is 13.1 Å². The van der Waals surface area contributed by atoms with Crippen LogP contribution in [-0.4, -0.2) is 44.5 Å². The maximum Gasteiger partial charge on any atom is 0.224 e. The fourth-order valence-electron chi connectivity index (χ4n) is 3.55. The third kappa shape index (κ3) is 4.34. The Balaban J connectivity index is 1.29. The Hall–Kier alpha value is -2.73. The number of rotatable bonds is 6. The van der Waals surface area contributed by atoms with Gasteiger partial charge < -0.3 is 14.2 Å². The quantitative estimate of drug-likeness (QED) is 0.675. The monoisotopic (exact) mass is 364 g/mol. The molecule has 0 N–H and O–H groups in total. The number of aromatic nitrogens is 3. The summed E-state index contributed by atoms with van der Waals surface area (Å²) in [5.74, 6) is 0.180. The van der Waals surface area contributed by atoms with Gasteiger partial charge in [-0.1, -0.05) is 18.2 Å². The number of para-hydroxylation sites is 2. The van der Waals surface area contributed by atoms with E-state index in [-0.39, 0.29) is 12.0 Å². The van der Waals surface area contributed by atoms with Crippen LogP contribution in [0.25, 0.3) is 11.0 Å². The van der Waals surface area contributed by atoms with Gasteiger partial charge in [-0.05, 0) is 37.1 Å². The van der Waals surface area contributed by atoms with Gasteiger partial charge >= 0.3 is 0 Å². The van der Waals surface area contributed by atoms with Crippen LogP contribution in [0.5, 0.6) is 0 Å². The molecule has 0 bridgehead atoms. The van der Waals surface area contributed by atoms with Crippen LogP contribution in [0.4, 0.5) is 0 Å². The number of likely N-dealkylation sites (tertiary alicyclic amines) is 1. The average molecular weight is 364 g/mol. The Morgan fingerprint density at radius 2 is 2.04 bits per heavy atom. The van der Waals surface area contributed by atoms with E-state index >= 15 is 0 Å². The number of fused-ring (bicyclic) bond motifs is 1. The molecule has 1 saturated heterocycles. The van der Waals surface area contributed by atoms with E-state index in [4.69, 9.17) is 4.74 Å². The molecular weight excluding hydrogens is 340 g/mol. The van der Waals surface area contributed by atoms with Crippen molar-refractivity contribution < 1.29 is 9.53 Å². The maximum atomic E-state index is 12.7. The Morgan fingerprint density at radius 1 is 1.15 bits per heavy atom. The summed E-state index contributed by atoms with van der Waals surface area (Å²) in [5, 5.41) is 0. The summed E-state index contributed by atoms with van der Waals surface area (Å²) >= 11 is 0. The van der Waals surface area contributed by atoms with Crippen LogP contribution >= 0.6 is 0 Å². The number of carbonyl (C=O) groups is 1. The lowest BCUT2D eigenvalue weighted by Gasteiger charge is -2.32. The average Bonchev–Trinajstić information content (AvgIpc) is 3.15. The van der Waals surface area contributed by atoms with Crippen molar-refractivity contribution in [2.45, 2.75) is 38.5 Å². The fraction of sp³-hybridized carbons (Fsp3) is 0.381. The highest BCUT2D eigenvalue weighted by molar-refractivity contribution is 5.77. The van der Waals surface area contributed by atoms with Gasteiger partial charge in [-0.3, -0.25) is 9.78 Å². The number of carbonyl (C=O) groups excluding carboxylic acids is 1. The van der Waals surface area contributed by atoms with Gasteiger partial charge in [0.05, 0.1) is 35.8 Å². The van der Waals surface area contributed by atoms with Crippen LogP contribution in [0.2, 0.25) is 0 Å². The summed E-state index contributed by atoms with van der Waals surface area (Å²) in [6.07, 6.45) is 6.11. The minimum Gasteiger partial charge on any atom is -0.370 e. The highest BCUT2D eigenvalue weighted by atomic mass is 16.5. The van der Waals surface area contributed by atoms with Gasteiger partial charge in [-0.2, -0.15) is 0 Å². The topological polar surface area (TPSA) is 60.2 Å². The predicted octanol–water partition coefficient (Wildman–Crippen LogP) is 3.03. The largest absolute Gasteiger partial charge is 0.370 e. The molecule has 2 aromatic heterocycles. The van der Waals surface area contributed by atoms with E-state index in [0.717, 1.165) is 36.1 Å². The van der Waals surface area contributed by atoms with E-state index in [2.05, 4.69) is 9.97 Å².